The Morgan fingerprint density at radius 2 is 2.19 bits per heavy atom. The average Bonchev–Trinajstić information content (AvgIpc) is 2.21. The van der Waals surface area contributed by atoms with Gasteiger partial charge in [-0.3, -0.25) is 9.59 Å². The monoisotopic (exact) mass is 225 g/mol. The van der Waals surface area contributed by atoms with Gasteiger partial charge >= 0.3 is 0 Å². The third-order valence-electron chi connectivity index (χ3n) is 2.04. The van der Waals surface area contributed by atoms with Gasteiger partial charge in [0.2, 0.25) is 0 Å². The molecule has 0 radical (unpaired) electrons. The van der Waals surface area contributed by atoms with Gasteiger partial charge in [-0.1, -0.05) is 0 Å². The summed E-state index contributed by atoms with van der Waals surface area (Å²) in [6.45, 7) is 3.20. The number of aryl methyl sites for hydroxylation is 1. The van der Waals surface area contributed by atoms with Crippen molar-refractivity contribution in [2.75, 3.05) is 6.61 Å². The third-order valence-corrected chi connectivity index (χ3v) is 2.04. The number of nitrogens with one attached hydrogen (secondary N) is 1. The predicted octanol–water partition coefficient (Wildman–Crippen LogP) is -0.719. The van der Waals surface area contributed by atoms with Crippen LogP contribution in [0.3, 0.4) is 0 Å². The standard InChI is InChI=1S/C10H15N3O3/c1-10(2,6-14)11-9(16)7-4-5-8(15)13(3)12-7/h4-5,14H,6H2,1-3H3,(H,11,16). The number of rotatable bonds is 3. The van der Waals surface area contributed by atoms with Crippen LogP contribution in [0.15, 0.2) is 16.9 Å². The first-order valence-corrected chi connectivity index (χ1v) is 4.83. The zero-order valence-corrected chi connectivity index (χ0v) is 9.52. The fraction of sp³-hybridized carbons (Fsp3) is 0.500. The Kier molecular flexibility index (Phi) is 3.44. The predicted molar refractivity (Wildman–Crippen MR) is 58.1 cm³/mol. The molecule has 0 saturated carbocycles. The van der Waals surface area contributed by atoms with Gasteiger partial charge in [0.1, 0.15) is 5.69 Å². The molecule has 0 spiro atoms. The van der Waals surface area contributed by atoms with Crippen molar-refractivity contribution >= 4 is 5.91 Å². The van der Waals surface area contributed by atoms with E-state index in [1.165, 1.54) is 19.2 Å². The highest BCUT2D eigenvalue weighted by atomic mass is 16.3. The summed E-state index contributed by atoms with van der Waals surface area (Å²) in [6, 6.07) is 2.62. The number of amides is 1. The van der Waals surface area contributed by atoms with Crippen molar-refractivity contribution in [2.24, 2.45) is 7.05 Å². The first-order chi connectivity index (χ1) is 7.35. The summed E-state index contributed by atoms with van der Waals surface area (Å²) < 4.78 is 1.08. The van der Waals surface area contributed by atoms with Crippen LogP contribution >= 0.6 is 0 Å². The van der Waals surface area contributed by atoms with E-state index in [9.17, 15) is 9.59 Å². The minimum absolute atomic E-state index is 0.142. The summed E-state index contributed by atoms with van der Waals surface area (Å²) in [4.78, 5) is 22.7. The summed E-state index contributed by atoms with van der Waals surface area (Å²) in [5.74, 6) is -0.422. The van der Waals surface area contributed by atoms with E-state index < -0.39 is 11.4 Å². The minimum Gasteiger partial charge on any atom is -0.394 e. The highest BCUT2D eigenvalue weighted by Gasteiger charge is 2.20. The molecule has 1 aromatic heterocycles. The molecule has 1 aromatic rings. The zero-order chi connectivity index (χ0) is 12.3. The Bertz CT molecular complexity index is 451. The van der Waals surface area contributed by atoms with E-state index in [4.69, 9.17) is 5.11 Å². The lowest BCUT2D eigenvalue weighted by Gasteiger charge is -2.23. The molecule has 16 heavy (non-hydrogen) atoms. The summed E-state index contributed by atoms with van der Waals surface area (Å²) in [6.07, 6.45) is 0. The van der Waals surface area contributed by atoms with Crippen LogP contribution in [-0.4, -0.2) is 32.9 Å². The highest BCUT2D eigenvalue weighted by Crippen LogP contribution is 2.01. The van der Waals surface area contributed by atoms with E-state index >= 15 is 0 Å². The van der Waals surface area contributed by atoms with Crippen LogP contribution < -0.4 is 10.9 Å². The molecule has 0 saturated heterocycles. The minimum atomic E-state index is -0.715. The number of carbonyl (C=O) groups is 1. The Morgan fingerprint density at radius 1 is 1.56 bits per heavy atom. The van der Waals surface area contributed by atoms with Crippen LogP contribution in [0.4, 0.5) is 0 Å². The van der Waals surface area contributed by atoms with Crippen molar-refractivity contribution in [2.45, 2.75) is 19.4 Å². The van der Waals surface area contributed by atoms with Gasteiger partial charge in [-0.2, -0.15) is 5.10 Å². The van der Waals surface area contributed by atoms with Gasteiger partial charge in [0, 0.05) is 13.1 Å². The van der Waals surface area contributed by atoms with Crippen LogP contribution in [0.5, 0.6) is 0 Å². The van der Waals surface area contributed by atoms with Gasteiger partial charge in [0.05, 0.1) is 12.1 Å². The molecule has 6 heteroatoms. The second kappa shape index (κ2) is 4.44. The SMILES string of the molecule is Cn1nc(C(=O)NC(C)(C)CO)ccc1=O. The molecule has 0 atom stereocenters. The number of aliphatic hydroxyl groups excluding tert-OH is 1. The van der Waals surface area contributed by atoms with Gasteiger partial charge in [0.15, 0.2) is 0 Å². The van der Waals surface area contributed by atoms with Crippen molar-refractivity contribution in [3.8, 4) is 0 Å². The van der Waals surface area contributed by atoms with Gasteiger partial charge in [-0.05, 0) is 19.9 Å². The Morgan fingerprint density at radius 3 is 2.69 bits per heavy atom. The van der Waals surface area contributed by atoms with Crippen molar-refractivity contribution in [1.82, 2.24) is 15.1 Å². The molecule has 0 aromatic carbocycles. The molecule has 0 aliphatic heterocycles. The summed E-state index contributed by atoms with van der Waals surface area (Å²) in [7, 11) is 1.47. The number of aliphatic hydroxyl groups is 1. The molecule has 88 valence electrons. The van der Waals surface area contributed by atoms with E-state index in [2.05, 4.69) is 10.4 Å². The molecule has 0 aliphatic carbocycles. The topological polar surface area (TPSA) is 84.2 Å². The Labute approximate surface area is 92.9 Å². The number of aromatic nitrogens is 2. The summed E-state index contributed by atoms with van der Waals surface area (Å²) in [5, 5.41) is 15.4. The molecule has 1 amide bonds. The van der Waals surface area contributed by atoms with Crippen molar-refractivity contribution in [1.29, 1.82) is 0 Å². The van der Waals surface area contributed by atoms with Gasteiger partial charge in [-0.25, -0.2) is 4.68 Å². The lowest BCUT2D eigenvalue weighted by Crippen LogP contribution is -2.46. The molecule has 1 rings (SSSR count). The van der Waals surface area contributed by atoms with Gasteiger partial charge in [0.25, 0.3) is 11.5 Å². The molecule has 0 aliphatic rings. The first kappa shape index (κ1) is 12.4. The number of nitrogens with zero attached hydrogens (tertiary/aromatic N) is 2. The van der Waals surface area contributed by atoms with Crippen molar-refractivity contribution < 1.29 is 9.90 Å². The lowest BCUT2D eigenvalue weighted by atomic mass is 10.1. The Balaban J connectivity index is 2.89. The molecule has 0 unspecified atom stereocenters. The normalized spacial score (nSPS) is 11.2. The van der Waals surface area contributed by atoms with E-state index in [0.29, 0.717) is 0 Å². The first-order valence-electron chi connectivity index (χ1n) is 4.83. The quantitative estimate of drug-likeness (QED) is 0.711. The summed E-state index contributed by atoms with van der Waals surface area (Å²) in [5.41, 5.74) is -0.852. The second-order valence-corrected chi connectivity index (χ2v) is 4.18. The van der Waals surface area contributed by atoms with Crippen LogP contribution in [0, 0.1) is 0 Å². The maximum Gasteiger partial charge on any atom is 0.272 e. The third kappa shape index (κ3) is 2.90. The largest absolute Gasteiger partial charge is 0.394 e. The molecule has 0 bridgehead atoms. The smallest absolute Gasteiger partial charge is 0.272 e. The maximum atomic E-state index is 11.7. The van der Waals surface area contributed by atoms with Crippen LogP contribution in [-0.2, 0) is 7.05 Å². The van der Waals surface area contributed by atoms with E-state index in [-0.39, 0.29) is 17.9 Å². The van der Waals surface area contributed by atoms with Gasteiger partial charge < -0.3 is 10.4 Å². The molecular weight excluding hydrogens is 210 g/mol. The van der Waals surface area contributed by atoms with E-state index in [1.807, 2.05) is 0 Å². The highest BCUT2D eigenvalue weighted by molar-refractivity contribution is 5.92. The van der Waals surface area contributed by atoms with Crippen LogP contribution in [0.1, 0.15) is 24.3 Å². The average molecular weight is 225 g/mol. The zero-order valence-electron chi connectivity index (χ0n) is 9.52. The van der Waals surface area contributed by atoms with Crippen LogP contribution in [0.2, 0.25) is 0 Å². The molecule has 1 heterocycles. The van der Waals surface area contributed by atoms with Crippen molar-refractivity contribution in [3.05, 3.63) is 28.2 Å². The fourth-order valence-corrected chi connectivity index (χ4v) is 1.03. The maximum absolute atomic E-state index is 11.7. The second-order valence-electron chi connectivity index (χ2n) is 4.18. The lowest BCUT2D eigenvalue weighted by molar-refractivity contribution is 0.0862. The van der Waals surface area contributed by atoms with E-state index in [0.717, 1.165) is 4.68 Å². The molecule has 6 nitrogen and oxygen atoms in total. The van der Waals surface area contributed by atoms with Crippen LogP contribution in [0.25, 0.3) is 0 Å². The molecule has 0 fully saturated rings. The number of hydrogen-bond acceptors (Lipinski definition) is 4. The number of hydrogen-bond donors (Lipinski definition) is 2. The fourth-order valence-electron chi connectivity index (χ4n) is 1.03. The molecular formula is C10H15N3O3. The summed E-state index contributed by atoms with van der Waals surface area (Å²) >= 11 is 0. The molecule has 2 N–H and O–H groups in total. The Hall–Kier alpha value is -1.69. The number of carbonyl (C=O) groups excluding carboxylic acids is 1. The van der Waals surface area contributed by atoms with E-state index in [1.54, 1.807) is 13.8 Å². The van der Waals surface area contributed by atoms with Gasteiger partial charge in [-0.15, -0.1) is 0 Å². The van der Waals surface area contributed by atoms with Crippen molar-refractivity contribution in [3.63, 3.8) is 0 Å².